The second-order valence-electron chi connectivity index (χ2n) is 4.38. The fourth-order valence-corrected chi connectivity index (χ4v) is 2.49. The summed E-state index contributed by atoms with van der Waals surface area (Å²) in [5, 5.41) is -0.567. The highest BCUT2D eigenvalue weighted by Gasteiger charge is 2.32. The molecule has 0 unspecified atom stereocenters. The summed E-state index contributed by atoms with van der Waals surface area (Å²) in [6.45, 7) is 1.72. The molecular weight excluding hydrogens is 358 g/mol. The van der Waals surface area contributed by atoms with E-state index in [0.29, 0.717) is 12.1 Å². The molecule has 0 fully saturated rings. The predicted molar refractivity (Wildman–Crippen MR) is 79.4 cm³/mol. The number of alkyl halides is 3. The van der Waals surface area contributed by atoms with Crippen LogP contribution in [0.4, 0.5) is 19.0 Å². The summed E-state index contributed by atoms with van der Waals surface area (Å²) in [5.74, 6) is -0.911. The van der Waals surface area contributed by atoms with E-state index in [-0.39, 0.29) is 39.6 Å². The van der Waals surface area contributed by atoms with Gasteiger partial charge in [0, 0.05) is 0 Å². The Morgan fingerprint density at radius 1 is 1.35 bits per heavy atom. The number of H-pyrrole nitrogens is 1. The number of nitrogen functional groups attached to an aromatic ring is 1. The molecule has 0 aliphatic heterocycles. The normalized spacial score (nSPS) is 11.6. The Kier molecular flexibility index (Phi) is 4.76. The molecule has 23 heavy (non-hydrogen) atoms. The number of nitrogens with zero attached hydrogens (tertiary/aromatic N) is 1. The van der Waals surface area contributed by atoms with E-state index in [0.717, 1.165) is 0 Å². The number of nitrogens with one attached hydrogen (secondary N) is 1. The van der Waals surface area contributed by atoms with Gasteiger partial charge >= 0.3 is 12.1 Å². The Balaban J connectivity index is 2.51. The number of carbonyl (C=O) groups excluding carboxylic acids is 1. The topological polar surface area (TPSA) is 81.0 Å². The zero-order valence-corrected chi connectivity index (χ0v) is 13.1. The lowest BCUT2D eigenvalue weighted by atomic mass is 10.1. The molecule has 0 saturated heterocycles. The fraction of sp³-hybridized carbons (Fsp3) is 0.231. The number of imidazole rings is 1. The Morgan fingerprint density at radius 2 is 1.91 bits per heavy atom. The summed E-state index contributed by atoms with van der Waals surface area (Å²) in [7, 11) is 0. The number of carbonyl (C=O) groups is 1. The van der Waals surface area contributed by atoms with Crippen LogP contribution in [0.5, 0.6) is 0 Å². The van der Waals surface area contributed by atoms with Gasteiger partial charge in [0.05, 0.1) is 27.8 Å². The van der Waals surface area contributed by atoms with Gasteiger partial charge in [-0.2, -0.15) is 13.2 Å². The molecule has 0 saturated carbocycles. The SMILES string of the molecule is CCOC(=O)c1nc(-c2c(Cl)cc(C(F)(F)F)cc2Cl)[nH]c1N. The standard InChI is InChI=1S/C13H10Cl2F3N3O2/c1-2-23-12(22)9-10(19)21-11(20-9)8-6(14)3-5(4-7(8)15)13(16,17)18/h3-4H,2,19H2,1H3,(H,20,21). The van der Waals surface area contributed by atoms with E-state index in [1.165, 1.54) is 0 Å². The maximum Gasteiger partial charge on any atom is 0.416 e. The van der Waals surface area contributed by atoms with Crippen molar-refractivity contribution in [2.45, 2.75) is 13.1 Å². The fourth-order valence-electron chi connectivity index (χ4n) is 1.82. The van der Waals surface area contributed by atoms with Gasteiger partial charge in [0.25, 0.3) is 0 Å². The maximum absolute atomic E-state index is 12.7. The molecular formula is C13H10Cl2F3N3O2. The highest BCUT2D eigenvalue weighted by atomic mass is 35.5. The van der Waals surface area contributed by atoms with Crippen molar-refractivity contribution in [3.05, 3.63) is 33.4 Å². The Bertz CT molecular complexity index is 736. The minimum absolute atomic E-state index is 0.00332. The third kappa shape index (κ3) is 3.53. The van der Waals surface area contributed by atoms with Gasteiger partial charge in [0.2, 0.25) is 0 Å². The molecule has 0 amide bonds. The van der Waals surface area contributed by atoms with Crippen LogP contribution in [-0.4, -0.2) is 22.5 Å². The first-order chi connectivity index (χ1) is 10.6. The van der Waals surface area contributed by atoms with Gasteiger partial charge in [-0.15, -0.1) is 0 Å². The summed E-state index contributed by atoms with van der Waals surface area (Å²) in [6, 6.07) is 1.43. The lowest BCUT2D eigenvalue weighted by Crippen LogP contribution is -2.07. The number of halogens is 5. The van der Waals surface area contributed by atoms with Gasteiger partial charge in [-0.05, 0) is 19.1 Å². The summed E-state index contributed by atoms with van der Waals surface area (Å²) in [6.07, 6.45) is -4.59. The molecule has 2 rings (SSSR count). The van der Waals surface area contributed by atoms with Crippen LogP contribution in [0.1, 0.15) is 23.0 Å². The van der Waals surface area contributed by atoms with E-state index < -0.39 is 17.7 Å². The van der Waals surface area contributed by atoms with Crippen LogP contribution < -0.4 is 5.73 Å². The molecule has 1 heterocycles. The molecule has 0 radical (unpaired) electrons. The van der Waals surface area contributed by atoms with Crippen molar-refractivity contribution in [3.63, 3.8) is 0 Å². The van der Waals surface area contributed by atoms with Crippen molar-refractivity contribution < 1.29 is 22.7 Å². The van der Waals surface area contributed by atoms with Crippen molar-refractivity contribution in [1.82, 2.24) is 9.97 Å². The molecule has 1 aromatic heterocycles. The van der Waals surface area contributed by atoms with E-state index >= 15 is 0 Å². The Hall–Kier alpha value is -1.93. The molecule has 10 heteroatoms. The molecule has 0 aliphatic carbocycles. The number of rotatable bonds is 3. The minimum Gasteiger partial charge on any atom is -0.461 e. The molecule has 0 spiro atoms. The van der Waals surface area contributed by atoms with Gasteiger partial charge in [-0.1, -0.05) is 23.2 Å². The highest BCUT2D eigenvalue weighted by molar-refractivity contribution is 6.39. The largest absolute Gasteiger partial charge is 0.461 e. The number of hydrogen-bond donors (Lipinski definition) is 2. The van der Waals surface area contributed by atoms with Gasteiger partial charge in [-0.25, -0.2) is 9.78 Å². The van der Waals surface area contributed by atoms with E-state index in [1.54, 1.807) is 6.92 Å². The molecule has 2 aromatic rings. The number of anilines is 1. The smallest absolute Gasteiger partial charge is 0.416 e. The average molecular weight is 368 g/mol. The third-order valence-corrected chi connectivity index (χ3v) is 3.40. The van der Waals surface area contributed by atoms with Gasteiger partial charge in [0.1, 0.15) is 11.6 Å². The van der Waals surface area contributed by atoms with E-state index in [4.69, 9.17) is 33.7 Å². The van der Waals surface area contributed by atoms with Crippen molar-refractivity contribution in [2.24, 2.45) is 0 Å². The molecule has 0 atom stereocenters. The lowest BCUT2D eigenvalue weighted by molar-refractivity contribution is -0.137. The van der Waals surface area contributed by atoms with E-state index in [2.05, 4.69) is 9.97 Å². The second kappa shape index (κ2) is 6.29. The van der Waals surface area contributed by atoms with Gasteiger partial charge < -0.3 is 15.5 Å². The van der Waals surface area contributed by atoms with Crippen LogP contribution in [0.25, 0.3) is 11.4 Å². The quantitative estimate of drug-likeness (QED) is 0.798. The maximum atomic E-state index is 12.7. The number of aromatic amines is 1. The number of aromatic nitrogens is 2. The zero-order chi connectivity index (χ0) is 17.4. The van der Waals surface area contributed by atoms with Gasteiger partial charge in [-0.3, -0.25) is 0 Å². The zero-order valence-electron chi connectivity index (χ0n) is 11.6. The predicted octanol–water partition coefficient (Wildman–Crippen LogP) is 4.16. The number of ether oxygens (including phenoxy) is 1. The summed E-state index contributed by atoms with van der Waals surface area (Å²) >= 11 is 11.8. The minimum atomic E-state index is -4.59. The van der Waals surface area contributed by atoms with Crippen LogP contribution >= 0.6 is 23.2 Å². The monoisotopic (exact) mass is 367 g/mol. The molecule has 0 aliphatic rings. The van der Waals surface area contributed by atoms with Crippen LogP contribution in [0.3, 0.4) is 0 Å². The molecule has 3 N–H and O–H groups in total. The average Bonchev–Trinajstić information content (AvgIpc) is 2.79. The van der Waals surface area contributed by atoms with Crippen LogP contribution in [-0.2, 0) is 10.9 Å². The second-order valence-corrected chi connectivity index (χ2v) is 5.20. The summed E-state index contributed by atoms with van der Waals surface area (Å²) in [4.78, 5) is 18.1. The Morgan fingerprint density at radius 3 is 2.39 bits per heavy atom. The first-order valence-corrected chi connectivity index (χ1v) is 7.00. The Labute approximate surface area is 138 Å². The summed E-state index contributed by atoms with van der Waals surface area (Å²) < 4.78 is 42.9. The summed E-state index contributed by atoms with van der Waals surface area (Å²) in [5.41, 5.74) is 4.43. The highest BCUT2D eigenvalue weighted by Crippen LogP contribution is 2.40. The molecule has 124 valence electrons. The lowest BCUT2D eigenvalue weighted by Gasteiger charge is -2.10. The number of esters is 1. The first-order valence-electron chi connectivity index (χ1n) is 6.24. The van der Waals surface area contributed by atoms with Crippen molar-refractivity contribution in [3.8, 4) is 11.4 Å². The van der Waals surface area contributed by atoms with Crippen LogP contribution in [0, 0.1) is 0 Å². The van der Waals surface area contributed by atoms with E-state index in [1.807, 2.05) is 0 Å². The number of nitrogens with two attached hydrogens (primary N) is 1. The molecule has 0 bridgehead atoms. The first kappa shape index (κ1) is 17.4. The van der Waals surface area contributed by atoms with Gasteiger partial charge in [0.15, 0.2) is 5.69 Å². The molecule has 1 aromatic carbocycles. The van der Waals surface area contributed by atoms with Crippen molar-refractivity contribution in [2.75, 3.05) is 12.3 Å². The van der Waals surface area contributed by atoms with Crippen molar-refractivity contribution in [1.29, 1.82) is 0 Å². The third-order valence-electron chi connectivity index (χ3n) is 2.81. The molecule has 5 nitrogen and oxygen atoms in total. The van der Waals surface area contributed by atoms with Crippen molar-refractivity contribution >= 4 is 35.0 Å². The number of benzene rings is 1. The number of hydrogen-bond acceptors (Lipinski definition) is 4. The van der Waals surface area contributed by atoms with Crippen LogP contribution in [0.15, 0.2) is 12.1 Å². The van der Waals surface area contributed by atoms with E-state index in [9.17, 15) is 18.0 Å². The van der Waals surface area contributed by atoms with Crippen LogP contribution in [0.2, 0.25) is 10.0 Å².